The van der Waals surface area contributed by atoms with Crippen LogP contribution in [0.15, 0.2) is 46.8 Å². The van der Waals surface area contributed by atoms with Crippen LogP contribution in [0.4, 0.5) is 11.4 Å². The van der Waals surface area contributed by atoms with E-state index in [9.17, 15) is 9.81 Å². The van der Waals surface area contributed by atoms with E-state index in [1.165, 1.54) is 12.1 Å². The predicted molar refractivity (Wildman–Crippen MR) is 72.8 cm³/mol. The Labute approximate surface area is 112 Å². The normalized spacial score (nSPS) is 10.1. The van der Waals surface area contributed by atoms with Gasteiger partial charge in [0.05, 0.1) is 10.0 Å². The molecule has 6 heteroatoms. The Bertz CT molecular complexity index is 574. The van der Waals surface area contributed by atoms with Gasteiger partial charge in [-0.05, 0) is 45.7 Å². The number of halogens is 2. The molecule has 0 saturated carbocycles. The molecule has 0 N–H and O–H groups in total. The standard InChI is InChI=1S/C12H6Cl2N2O2/c13-9-5-7(1-3-11(9)15-17)8-2-4-12(16-18)10(14)6-8/h1-6H. The molecule has 0 atom stereocenters. The summed E-state index contributed by atoms with van der Waals surface area (Å²) in [7, 11) is 0. The van der Waals surface area contributed by atoms with Crippen LogP contribution in [0.2, 0.25) is 10.0 Å². The lowest BCUT2D eigenvalue weighted by Crippen LogP contribution is -1.79. The molecule has 0 aliphatic rings. The van der Waals surface area contributed by atoms with Gasteiger partial charge in [-0.1, -0.05) is 35.3 Å². The first-order valence-electron chi connectivity index (χ1n) is 4.92. The first-order chi connectivity index (χ1) is 8.65. The van der Waals surface area contributed by atoms with E-state index in [0.717, 1.165) is 11.1 Å². The van der Waals surface area contributed by atoms with Gasteiger partial charge in [0.2, 0.25) is 0 Å². The third-order valence-corrected chi connectivity index (χ3v) is 3.03. The summed E-state index contributed by atoms with van der Waals surface area (Å²) in [5.74, 6) is 0. The maximum Gasteiger partial charge on any atom is 0.126 e. The second-order valence-corrected chi connectivity index (χ2v) is 4.33. The summed E-state index contributed by atoms with van der Waals surface area (Å²) in [6.07, 6.45) is 0. The van der Waals surface area contributed by atoms with E-state index in [1.807, 2.05) is 0 Å². The van der Waals surface area contributed by atoms with Gasteiger partial charge >= 0.3 is 0 Å². The summed E-state index contributed by atoms with van der Waals surface area (Å²) in [5.41, 5.74) is 1.90. The first-order valence-corrected chi connectivity index (χ1v) is 5.67. The minimum absolute atomic E-state index is 0.178. The fraction of sp³-hybridized carbons (Fsp3) is 0. The Balaban J connectivity index is 2.48. The van der Waals surface area contributed by atoms with E-state index in [-0.39, 0.29) is 21.4 Å². The molecule has 0 amide bonds. The maximum atomic E-state index is 10.4. The number of nitroso groups, excluding NO2 is 2. The average Bonchev–Trinajstić information content (AvgIpc) is 2.38. The van der Waals surface area contributed by atoms with Gasteiger partial charge in [-0.3, -0.25) is 0 Å². The highest BCUT2D eigenvalue weighted by Crippen LogP contribution is 2.34. The molecule has 0 aromatic heterocycles. The maximum absolute atomic E-state index is 10.4. The Kier molecular flexibility index (Phi) is 3.69. The van der Waals surface area contributed by atoms with Gasteiger partial charge in [0.25, 0.3) is 0 Å². The molecule has 2 rings (SSSR count). The largest absolute Gasteiger partial charge is 0.145 e. The SMILES string of the molecule is O=Nc1ccc(-c2ccc(N=O)c(Cl)c2)cc1Cl. The molecular weight excluding hydrogens is 275 g/mol. The zero-order valence-corrected chi connectivity index (χ0v) is 10.4. The summed E-state index contributed by atoms with van der Waals surface area (Å²) >= 11 is 11.8. The van der Waals surface area contributed by atoms with Crippen molar-refractivity contribution in [3.63, 3.8) is 0 Å². The smallest absolute Gasteiger partial charge is 0.126 e. The minimum atomic E-state index is 0.178. The van der Waals surface area contributed by atoms with Crippen molar-refractivity contribution < 1.29 is 0 Å². The molecule has 0 aliphatic carbocycles. The van der Waals surface area contributed by atoms with Crippen LogP contribution in [-0.4, -0.2) is 0 Å². The molecule has 0 aliphatic heterocycles. The van der Waals surface area contributed by atoms with Crippen LogP contribution in [0.1, 0.15) is 0 Å². The Morgan fingerprint density at radius 3 is 1.39 bits per heavy atom. The summed E-state index contributed by atoms with van der Waals surface area (Å²) < 4.78 is 0. The number of nitrogens with zero attached hydrogens (tertiary/aromatic N) is 2. The molecule has 0 spiro atoms. The van der Waals surface area contributed by atoms with E-state index in [2.05, 4.69) is 10.4 Å². The third kappa shape index (κ3) is 2.39. The lowest BCUT2D eigenvalue weighted by molar-refractivity contribution is 1.47. The second-order valence-electron chi connectivity index (χ2n) is 3.51. The molecule has 0 bridgehead atoms. The first kappa shape index (κ1) is 12.7. The highest BCUT2D eigenvalue weighted by atomic mass is 35.5. The molecule has 0 heterocycles. The van der Waals surface area contributed by atoms with Crippen LogP contribution in [0.25, 0.3) is 11.1 Å². The van der Waals surface area contributed by atoms with Crippen molar-refractivity contribution in [2.24, 2.45) is 10.4 Å². The zero-order valence-electron chi connectivity index (χ0n) is 8.93. The highest BCUT2D eigenvalue weighted by molar-refractivity contribution is 6.34. The molecule has 18 heavy (non-hydrogen) atoms. The van der Waals surface area contributed by atoms with Crippen molar-refractivity contribution in [3.8, 4) is 11.1 Å². The van der Waals surface area contributed by atoms with Crippen LogP contribution < -0.4 is 0 Å². The third-order valence-electron chi connectivity index (χ3n) is 2.43. The summed E-state index contributed by atoms with van der Waals surface area (Å²) in [5, 5.41) is 6.09. The van der Waals surface area contributed by atoms with Gasteiger partial charge in [0, 0.05) is 0 Å². The molecule has 2 aromatic rings. The predicted octanol–water partition coefficient (Wildman–Crippen LogP) is 5.46. The number of rotatable bonds is 3. The second kappa shape index (κ2) is 5.25. The lowest BCUT2D eigenvalue weighted by atomic mass is 10.1. The fourth-order valence-electron chi connectivity index (χ4n) is 1.52. The van der Waals surface area contributed by atoms with Crippen molar-refractivity contribution >= 4 is 34.6 Å². The van der Waals surface area contributed by atoms with Crippen molar-refractivity contribution in [1.29, 1.82) is 0 Å². The molecule has 2 aromatic carbocycles. The Hall–Kier alpha value is -1.78. The number of hydrogen-bond acceptors (Lipinski definition) is 4. The molecule has 0 radical (unpaired) electrons. The summed E-state index contributed by atoms with van der Waals surface area (Å²) in [6, 6.07) is 9.65. The number of benzene rings is 2. The van der Waals surface area contributed by atoms with Gasteiger partial charge < -0.3 is 0 Å². The van der Waals surface area contributed by atoms with Crippen molar-refractivity contribution in [1.82, 2.24) is 0 Å². The Morgan fingerprint density at radius 1 is 0.722 bits per heavy atom. The monoisotopic (exact) mass is 280 g/mol. The van der Waals surface area contributed by atoms with Gasteiger partial charge in [-0.2, -0.15) is 0 Å². The molecular formula is C12H6Cl2N2O2. The van der Waals surface area contributed by atoms with E-state index in [0.29, 0.717) is 0 Å². The van der Waals surface area contributed by atoms with E-state index >= 15 is 0 Å². The van der Waals surface area contributed by atoms with E-state index in [1.54, 1.807) is 24.3 Å². The molecule has 90 valence electrons. The van der Waals surface area contributed by atoms with Crippen molar-refractivity contribution in [2.75, 3.05) is 0 Å². The van der Waals surface area contributed by atoms with E-state index in [4.69, 9.17) is 23.2 Å². The van der Waals surface area contributed by atoms with Crippen molar-refractivity contribution in [2.45, 2.75) is 0 Å². The minimum Gasteiger partial charge on any atom is -0.145 e. The fourth-order valence-corrected chi connectivity index (χ4v) is 1.95. The molecule has 4 nitrogen and oxygen atoms in total. The van der Waals surface area contributed by atoms with Crippen LogP contribution >= 0.6 is 23.2 Å². The van der Waals surface area contributed by atoms with Crippen LogP contribution in [0, 0.1) is 9.81 Å². The zero-order chi connectivity index (χ0) is 13.1. The number of hydrogen-bond donors (Lipinski definition) is 0. The lowest BCUT2D eigenvalue weighted by Gasteiger charge is -2.04. The van der Waals surface area contributed by atoms with Crippen LogP contribution in [0.5, 0.6) is 0 Å². The van der Waals surface area contributed by atoms with E-state index < -0.39 is 0 Å². The summed E-state index contributed by atoms with van der Waals surface area (Å²) in [4.78, 5) is 20.8. The van der Waals surface area contributed by atoms with Gasteiger partial charge in [-0.15, -0.1) is 9.81 Å². The Morgan fingerprint density at radius 2 is 1.11 bits per heavy atom. The quantitative estimate of drug-likeness (QED) is 0.701. The average molecular weight is 281 g/mol. The van der Waals surface area contributed by atoms with Crippen molar-refractivity contribution in [3.05, 3.63) is 56.3 Å². The highest BCUT2D eigenvalue weighted by Gasteiger charge is 2.07. The van der Waals surface area contributed by atoms with Crippen LogP contribution in [0.3, 0.4) is 0 Å². The molecule has 0 unspecified atom stereocenters. The summed E-state index contributed by atoms with van der Waals surface area (Å²) in [6.45, 7) is 0. The van der Waals surface area contributed by atoms with Gasteiger partial charge in [-0.25, -0.2) is 0 Å². The molecule has 0 fully saturated rings. The topological polar surface area (TPSA) is 58.9 Å². The van der Waals surface area contributed by atoms with Gasteiger partial charge in [0.1, 0.15) is 11.4 Å². The molecule has 0 saturated heterocycles. The van der Waals surface area contributed by atoms with Crippen LogP contribution in [-0.2, 0) is 0 Å². The van der Waals surface area contributed by atoms with Gasteiger partial charge in [0.15, 0.2) is 0 Å².